The fraction of sp³-hybridized carbons (Fsp3) is 0.625. The maximum Gasteiger partial charge on any atom is 0.0631 e. The summed E-state index contributed by atoms with van der Waals surface area (Å²) in [6, 6.07) is 6.83. The predicted octanol–water partition coefficient (Wildman–Crippen LogP) is 5.84. The van der Waals surface area contributed by atoms with Crippen molar-refractivity contribution < 1.29 is 0 Å². The number of nitrogens with one attached hydrogen (secondary N) is 1. The van der Waals surface area contributed by atoms with Crippen molar-refractivity contribution in [1.29, 1.82) is 0 Å². The average Bonchev–Trinajstić information content (AvgIpc) is 2.78. The van der Waals surface area contributed by atoms with Crippen molar-refractivity contribution in [1.82, 2.24) is 0 Å². The number of benzene rings is 1. The van der Waals surface area contributed by atoms with Crippen LogP contribution < -0.4 is 5.32 Å². The second kappa shape index (κ2) is 4.49. The van der Waals surface area contributed by atoms with Gasteiger partial charge in [0.05, 0.1) is 5.69 Å². The van der Waals surface area contributed by atoms with Crippen molar-refractivity contribution in [3.8, 4) is 0 Å². The first-order valence-corrected chi connectivity index (χ1v) is 8.64. The molecule has 0 spiro atoms. The van der Waals surface area contributed by atoms with E-state index < -0.39 is 0 Å². The first kappa shape index (κ1) is 13.9. The van der Waals surface area contributed by atoms with Gasteiger partial charge in [-0.2, -0.15) is 0 Å². The molecule has 2 bridgehead atoms. The molecule has 3 rings (SSSR count). The number of fused-ring (bicyclic) bond motifs is 2. The summed E-state index contributed by atoms with van der Waals surface area (Å²) in [5, 5.41) is 3.85. The zero-order chi connectivity index (χ0) is 13.8. The van der Waals surface area contributed by atoms with Gasteiger partial charge in [-0.1, -0.05) is 26.8 Å². The van der Waals surface area contributed by atoms with E-state index in [0.717, 1.165) is 14.9 Å². The number of rotatable bonds is 2. The van der Waals surface area contributed by atoms with Gasteiger partial charge in [0, 0.05) is 15.0 Å². The first-order valence-electron chi connectivity index (χ1n) is 7.05. The van der Waals surface area contributed by atoms with Gasteiger partial charge >= 0.3 is 0 Å². The fourth-order valence-corrected chi connectivity index (χ4v) is 5.67. The van der Waals surface area contributed by atoms with Gasteiger partial charge in [0.2, 0.25) is 0 Å². The first-order chi connectivity index (χ1) is 8.84. The van der Waals surface area contributed by atoms with Gasteiger partial charge in [-0.15, -0.1) is 0 Å². The van der Waals surface area contributed by atoms with E-state index in [-0.39, 0.29) is 0 Å². The number of hydrogen-bond donors (Lipinski definition) is 1. The number of para-hydroxylation sites is 1. The second-order valence-electron chi connectivity index (χ2n) is 7.09. The minimum absolute atomic E-state index is 0.377. The van der Waals surface area contributed by atoms with E-state index in [9.17, 15) is 0 Å². The second-order valence-corrected chi connectivity index (χ2v) is 8.80. The molecule has 1 unspecified atom stereocenters. The Balaban J connectivity index is 1.95. The van der Waals surface area contributed by atoms with Crippen molar-refractivity contribution in [2.75, 3.05) is 5.32 Å². The molecule has 1 N–H and O–H groups in total. The summed E-state index contributed by atoms with van der Waals surface area (Å²) in [5.74, 6) is 0.872. The Bertz CT molecular complexity index is 486. The lowest BCUT2D eigenvalue weighted by Crippen LogP contribution is -2.45. The summed E-state index contributed by atoms with van der Waals surface area (Å²) in [6.45, 7) is 7.33. The minimum Gasteiger partial charge on any atom is -0.379 e. The lowest BCUT2D eigenvalue weighted by atomic mass is 9.68. The summed E-state index contributed by atoms with van der Waals surface area (Å²) in [6.07, 6.45) is 4.14. The largest absolute Gasteiger partial charge is 0.379 e. The standard InChI is InChI=1S/C16H21Br2N/c1-15(2)10-7-8-16(3,9-10)14(15)19-13-11(17)5-4-6-12(13)18/h4-6,10,14,19H,7-9H2,1-3H3/t10-,14?,16+/m0/s1. The van der Waals surface area contributed by atoms with Crippen LogP contribution in [0.15, 0.2) is 27.1 Å². The molecule has 2 fully saturated rings. The molecule has 1 aromatic rings. The SMILES string of the molecule is CC1(C)C(Nc2c(Br)cccc2Br)[C@]2(C)CC[C@H]1C2. The quantitative estimate of drug-likeness (QED) is 0.673. The molecule has 3 atom stereocenters. The van der Waals surface area contributed by atoms with Crippen LogP contribution in [-0.2, 0) is 0 Å². The highest BCUT2D eigenvalue weighted by atomic mass is 79.9. The smallest absolute Gasteiger partial charge is 0.0631 e. The van der Waals surface area contributed by atoms with E-state index >= 15 is 0 Å². The van der Waals surface area contributed by atoms with E-state index in [0.29, 0.717) is 16.9 Å². The Morgan fingerprint density at radius 3 is 2.32 bits per heavy atom. The summed E-state index contributed by atoms with van der Waals surface area (Å²) in [5.41, 5.74) is 2.03. The molecule has 104 valence electrons. The molecule has 0 aliphatic heterocycles. The monoisotopic (exact) mass is 385 g/mol. The molecule has 2 aliphatic carbocycles. The Labute approximate surface area is 132 Å². The van der Waals surface area contributed by atoms with E-state index in [1.165, 1.54) is 24.9 Å². The van der Waals surface area contributed by atoms with Gasteiger partial charge in [0.15, 0.2) is 0 Å². The van der Waals surface area contributed by atoms with Crippen LogP contribution in [0.4, 0.5) is 5.69 Å². The van der Waals surface area contributed by atoms with Gasteiger partial charge in [-0.05, 0) is 80.0 Å². The van der Waals surface area contributed by atoms with Gasteiger partial charge < -0.3 is 5.32 Å². The molecule has 0 amide bonds. The molecular formula is C16H21Br2N. The number of hydrogen-bond acceptors (Lipinski definition) is 1. The van der Waals surface area contributed by atoms with Crippen LogP contribution in [0.3, 0.4) is 0 Å². The van der Waals surface area contributed by atoms with Crippen LogP contribution in [0.25, 0.3) is 0 Å². The van der Waals surface area contributed by atoms with E-state index in [4.69, 9.17) is 0 Å². The Kier molecular flexibility index (Phi) is 3.29. The molecule has 0 aromatic heterocycles. The maximum absolute atomic E-state index is 3.85. The van der Waals surface area contributed by atoms with Gasteiger partial charge in [0.25, 0.3) is 0 Å². The highest BCUT2D eigenvalue weighted by molar-refractivity contribution is 9.11. The van der Waals surface area contributed by atoms with Crippen LogP contribution >= 0.6 is 31.9 Å². The van der Waals surface area contributed by atoms with Crippen LogP contribution in [0, 0.1) is 16.7 Å². The fourth-order valence-electron chi connectivity index (χ4n) is 4.44. The van der Waals surface area contributed by atoms with Crippen molar-refractivity contribution in [2.24, 2.45) is 16.7 Å². The Morgan fingerprint density at radius 2 is 1.79 bits per heavy atom. The summed E-state index contributed by atoms with van der Waals surface area (Å²) in [7, 11) is 0. The number of halogens is 2. The van der Waals surface area contributed by atoms with Crippen LogP contribution in [0.2, 0.25) is 0 Å². The third kappa shape index (κ3) is 2.08. The van der Waals surface area contributed by atoms with Gasteiger partial charge in [-0.3, -0.25) is 0 Å². The van der Waals surface area contributed by atoms with E-state index in [1.54, 1.807) is 0 Å². The number of anilines is 1. The molecule has 0 radical (unpaired) electrons. The molecule has 0 saturated heterocycles. The Morgan fingerprint density at radius 1 is 1.16 bits per heavy atom. The topological polar surface area (TPSA) is 12.0 Å². The summed E-state index contributed by atoms with van der Waals surface area (Å²) >= 11 is 7.34. The van der Waals surface area contributed by atoms with Gasteiger partial charge in [0.1, 0.15) is 0 Å². The Hall–Kier alpha value is -0.0200. The van der Waals surface area contributed by atoms with E-state index in [2.05, 4.69) is 76.1 Å². The van der Waals surface area contributed by atoms with Crippen molar-refractivity contribution >= 4 is 37.5 Å². The molecule has 3 heteroatoms. The van der Waals surface area contributed by atoms with Crippen LogP contribution in [0.1, 0.15) is 40.0 Å². The maximum atomic E-state index is 3.85. The molecule has 1 nitrogen and oxygen atoms in total. The van der Waals surface area contributed by atoms with E-state index in [1.807, 2.05) is 0 Å². The normalized spacial score (nSPS) is 35.6. The molecule has 2 aliphatic rings. The molecule has 1 aromatic carbocycles. The average molecular weight is 387 g/mol. The lowest BCUT2D eigenvalue weighted by molar-refractivity contribution is 0.155. The summed E-state index contributed by atoms with van der Waals surface area (Å²) < 4.78 is 2.29. The van der Waals surface area contributed by atoms with Crippen LogP contribution in [0.5, 0.6) is 0 Å². The summed E-state index contributed by atoms with van der Waals surface area (Å²) in [4.78, 5) is 0. The molecule has 2 saturated carbocycles. The van der Waals surface area contributed by atoms with Crippen molar-refractivity contribution in [3.63, 3.8) is 0 Å². The zero-order valence-corrected chi connectivity index (χ0v) is 14.9. The van der Waals surface area contributed by atoms with Crippen LogP contribution in [-0.4, -0.2) is 6.04 Å². The lowest BCUT2D eigenvalue weighted by Gasteiger charge is -2.44. The minimum atomic E-state index is 0.377. The third-order valence-electron chi connectivity index (χ3n) is 5.52. The molecular weight excluding hydrogens is 366 g/mol. The molecule has 19 heavy (non-hydrogen) atoms. The zero-order valence-electron chi connectivity index (χ0n) is 11.8. The third-order valence-corrected chi connectivity index (χ3v) is 6.84. The highest BCUT2D eigenvalue weighted by Gasteiger charge is 2.59. The van der Waals surface area contributed by atoms with Crippen molar-refractivity contribution in [2.45, 2.75) is 46.1 Å². The van der Waals surface area contributed by atoms with Gasteiger partial charge in [-0.25, -0.2) is 0 Å². The molecule has 0 heterocycles. The van der Waals surface area contributed by atoms with Crippen molar-refractivity contribution in [3.05, 3.63) is 27.1 Å². The predicted molar refractivity (Wildman–Crippen MR) is 88.5 cm³/mol. The highest BCUT2D eigenvalue weighted by Crippen LogP contribution is 2.63.